The summed E-state index contributed by atoms with van der Waals surface area (Å²) in [7, 11) is 1.92. The third kappa shape index (κ3) is 4.99. The number of nitrogens with two attached hydrogens (primary N) is 1. The lowest BCUT2D eigenvalue weighted by molar-refractivity contribution is -0.140. The summed E-state index contributed by atoms with van der Waals surface area (Å²) < 4.78 is 0. The average molecular weight is 466 g/mol. The molecule has 5 N–H and O–H groups in total. The van der Waals surface area contributed by atoms with Crippen LogP contribution in [0.3, 0.4) is 0 Å². The summed E-state index contributed by atoms with van der Waals surface area (Å²) >= 11 is 12.6. The second-order valence-electron chi connectivity index (χ2n) is 7.46. The van der Waals surface area contributed by atoms with E-state index in [2.05, 4.69) is 10.2 Å². The standard InChI is InChI=1S/C21H21Cl2N3O5/c1-26-7-15(14-5-13(22)6-17(23)16(14)8-26)10-2-11(19(24)28)4-12(3-10)20(29)25-18(9-27)21(30)31/h2-6,15,18,27H,7-9H2,1H3,(H2,24,28)(H,25,29)(H,30,31). The number of aliphatic carboxylic acids is 1. The molecule has 10 heteroatoms. The molecular formula is C21H21Cl2N3O5. The van der Waals surface area contributed by atoms with Crippen molar-refractivity contribution in [3.8, 4) is 0 Å². The van der Waals surface area contributed by atoms with E-state index in [-0.39, 0.29) is 17.0 Å². The number of carbonyl (C=O) groups is 3. The number of hydrogen-bond donors (Lipinski definition) is 4. The molecule has 1 aliphatic heterocycles. The minimum atomic E-state index is -1.48. The molecule has 0 spiro atoms. The number of halogens is 2. The molecule has 0 radical (unpaired) electrons. The summed E-state index contributed by atoms with van der Waals surface area (Å²) in [6, 6.07) is 6.45. The first-order valence-electron chi connectivity index (χ1n) is 9.36. The van der Waals surface area contributed by atoms with Gasteiger partial charge in [0, 0.05) is 40.2 Å². The molecule has 1 aliphatic rings. The maximum absolute atomic E-state index is 12.7. The largest absolute Gasteiger partial charge is 0.480 e. The summed E-state index contributed by atoms with van der Waals surface area (Å²) in [5.74, 6) is -3.13. The van der Waals surface area contributed by atoms with Gasteiger partial charge < -0.3 is 26.2 Å². The van der Waals surface area contributed by atoms with Crippen LogP contribution in [0.2, 0.25) is 10.0 Å². The molecule has 0 bridgehead atoms. The number of benzene rings is 2. The van der Waals surface area contributed by atoms with E-state index in [1.54, 1.807) is 18.2 Å². The topological polar surface area (TPSA) is 133 Å². The highest BCUT2D eigenvalue weighted by Crippen LogP contribution is 2.38. The fourth-order valence-electron chi connectivity index (χ4n) is 3.68. The number of hydrogen-bond acceptors (Lipinski definition) is 5. The molecule has 2 amide bonds. The molecule has 2 aromatic rings. The number of rotatable bonds is 6. The molecule has 2 atom stereocenters. The van der Waals surface area contributed by atoms with Gasteiger partial charge in [-0.1, -0.05) is 23.2 Å². The second kappa shape index (κ2) is 9.23. The highest BCUT2D eigenvalue weighted by Gasteiger charge is 2.29. The summed E-state index contributed by atoms with van der Waals surface area (Å²) in [6.45, 7) is 0.407. The first-order chi connectivity index (χ1) is 14.6. The predicted octanol–water partition coefficient (Wildman–Crippen LogP) is 1.84. The number of carboxylic acid groups (broad SMARTS) is 1. The number of aliphatic hydroxyl groups is 1. The van der Waals surface area contributed by atoms with Gasteiger partial charge in [0.25, 0.3) is 5.91 Å². The van der Waals surface area contributed by atoms with Crippen LogP contribution in [-0.4, -0.2) is 59.1 Å². The normalized spacial score (nSPS) is 17.0. The Kier molecular flexibility index (Phi) is 6.86. The number of nitrogens with one attached hydrogen (secondary N) is 1. The Morgan fingerprint density at radius 2 is 1.87 bits per heavy atom. The number of carboxylic acids is 1. The highest BCUT2D eigenvalue weighted by atomic mass is 35.5. The summed E-state index contributed by atoms with van der Waals surface area (Å²) in [4.78, 5) is 37.8. The average Bonchev–Trinajstić information content (AvgIpc) is 2.71. The van der Waals surface area contributed by atoms with Crippen LogP contribution >= 0.6 is 23.2 Å². The van der Waals surface area contributed by atoms with Crippen molar-refractivity contribution in [1.29, 1.82) is 0 Å². The molecule has 0 fully saturated rings. The van der Waals surface area contributed by atoms with Crippen molar-refractivity contribution in [3.63, 3.8) is 0 Å². The highest BCUT2D eigenvalue weighted by molar-refractivity contribution is 6.35. The van der Waals surface area contributed by atoms with E-state index in [1.807, 2.05) is 13.1 Å². The third-order valence-electron chi connectivity index (χ3n) is 5.18. The lowest BCUT2D eigenvalue weighted by atomic mass is 9.83. The van der Waals surface area contributed by atoms with Crippen LogP contribution in [0.5, 0.6) is 0 Å². The first-order valence-corrected chi connectivity index (χ1v) is 10.1. The molecule has 31 heavy (non-hydrogen) atoms. The van der Waals surface area contributed by atoms with E-state index in [1.165, 1.54) is 6.07 Å². The zero-order valence-electron chi connectivity index (χ0n) is 16.6. The van der Waals surface area contributed by atoms with Crippen molar-refractivity contribution >= 4 is 41.0 Å². The van der Waals surface area contributed by atoms with Crippen LogP contribution < -0.4 is 11.1 Å². The van der Waals surface area contributed by atoms with Gasteiger partial charge in [0.05, 0.1) is 6.61 Å². The lowest BCUT2D eigenvalue weighted by Gasteiger charge is -2.33. The van der Waals surface area contributed by atoms with E-state index in [0.717, 1.165) is 11.1 Å². The number of carbonyl (C=O) groups excluding carboxylic acids is 2. The zero-order chi connectivity index (χ0) is 22.9. The van der Waals surface area contributed by atoms with Crippen LogP contribution in [0.25, 0.3) is 0 Å². The van der Waals surface area contributed by atoms with Crippen molar-refractivity contribution in [2.75, 3.05) is 20.2 Å². The Labute approximate surface area is 188 Å². The molecule has 2 aromatic carbocycles. The molecule has 0 aliphatic carbocycles. The van der Waals surface area contributed by atoms with Crippen LogP contribution in [0.4, 0.5) is 0 Å². The first kappa shape index (κ1) is 23.0. The van der Waals surface area contributed by atoms with Crippen molar-refractivity contribution in [2.24, 2.45) is 5.73 Å². The molecule has 2 unspecified atom stereocenters. The van der Waals surface area contributed by atoms with Crippen LogP contribution in [0.15, 0.2) is 30.3 Å². The fourth-order valence-corrected chi connectivity index (χ4v) is 4.25. The summed E-state index contributed by atoms with van der Waals surface area (Å²) in [6.07, 6.45) is 0. The van der Waals surface area contributed by atoms with Crippen molar-refractivity contribution in [1.82, 2.24) is 10.2 Å². The molecule has 0 aromatic heterocycles. The number of nitrogens with zero attached hydrogens (tertiary/aromatic N) is 1. The quantitative estimate of drug-likeness (QED) is 0.514. The van der Waals surface area contributed by atoms with Gasteiger partial charge in [0.1, 0.15) is 0 Å². The number of fused-ring (bicyclic) bond motifs is 1. The van der Waals surface area contributed by atoms with Crippen LogP contribution in [-0.2, 0) is 11.3 Å². The number of amides is 2. The van der Waals surface area contributed by atoms with E-state index >= 15 is 0 Å². The Hall–Kier alpha value is -2.65. The maximum Gasteiger partial charge on any atom is 0.328 e. The SMILES string of the molecule is CN1Cc2c(Cl)cc(Cl)cc2C(c2cc(C(N)=O)cc(C(=O)NC(CO)C(=O)O)c2)C1. The molecule has 0 saturated carbocycles. The summed E-state index contributed by atoms with van der Waals surface area (Å²) in [5.41, 5.74) is 8.02. The van der Waals surface area contributed by atoms with Crippen molar-refractivity contribution in [3.05, 3.63) is 68.2 Å². The minimum Gasteiger partial charge on any atom is -0.480 e. The van der Waals surface area contributed by atoms with E-state index in [4.69, 9.17) is 34.0 Å². The van der Waals surface area contributed by atoms with Gasteiger partial charge >= 0.3 is 5.97 Å². The Morgan fingerprint density at radius 1 is 1.19 bits per heavy atom. The number of likely N-dealkylation sites (N-methyl/N-ethyl adjacent to an activating group) is 1. The Bertz CT molecular complexity index is 1060. The van der Waals surface area contributed by atoms with E-state index in [9.17, 15) is 19.5 Å². The van der Waals surface area contributed by atoms with Gasteiger partial charge in [-0.25, -0.2) is 4.79 Å². The molecule has 164 valence electrons. The smallest absolute Gasteiger partial charge is 0.328 e. The maximum atomic E-state index is 12.7. The molecule has 8 nitrogen and oxygen atoms in total. The second-order valence-corrected chi connectivity index (χ2v) is 8.30. The molecule has 1 heterocycles. The van der Waals surface area contributed by atoms with Gasteiger partial charge in [-0.3, -0.25) is 9.59 Å². The molecular weight excluding hydrogens is 445 g/mol. The minimum absolute atomic E-state index is 0.0499. The monoisotopic (exact) mass is 465 g/mol. The molecule has 0 saturated heterocycles. The van der Waals surface area contributed by atoms with Gasteiger partial charge in [-0.05, 0) is 54.1 Å². The van der Waals surface area contributed by atoms with Gasteiger partial charge in [-0.15, -0.1) is 0 Å². The van der Waals surface area contributed by atoms with Gasteiger partial charge in [0.2, 0.25) is 5.91 Å². The number of primary amides is 1. The van der Waals surface area contributed by atoms with Crippen LogP contribution in [0, 0.1) is 0 Å². The zero-order valence-corrected chi connectivity index (χ0v) is 18.1. The molecule has 3 rings (SSSR count). The van der Waals surface area contributed by atoms with Crippen molar-refractivity contribution in [2.45, 2.75) is 18.5 Å². The summed E-state index contributed by atoms with van der Waals surface area (Å²) in [5, 5.41) is 21.5. The Morgan fingerprint density at radius 3 is 2.48 bits per heavy atom. The third-order valence-corrected chi connectivity index (χ3v) is 5.74. The predicted molar refractivity (Wildman–Crippen MR) is 116 cm³/mol. The van der Waals surface area contributed by atoms with Crippen LogP contribution in [0.1, 0.15) is 43.3 Å². The van der Waals surface area contributed by atoms with Gasteiger partial charge in [0.15, 0.2) is 6.04 Å². The van der Waals surface area contributed by atoms with E-state index < -0.39 is 30.4 Å². The number of aliphatic hydroxyl groups excluding tert-OH is 1. The fraction of sp³-hybridized carbons (Fsp3) is 0.286. The van der Waals surface area contributed by atoms with Crippen molar-refractivity contribution < 1.29 is 24.6 Å². The van der Waals surface area contributed by atoms with Gasteiger partial charge in [-0.2, -0.15) is 0 Å². The lowest BCUT2D eigenvalue weighted by Crippen LogP contribution is -2.43. The van der Waals surface area contributed by atoms with E-state index in [0.29, 0.717) is 28.7 Å². The Balaban J connectivity index is 2.09.